The van der Waals surface area contributed by atoms with Crippen molar-refractivity contribution in [2.24, 2.45) is 0 Å². The second-order valence-electron chi connectivity index (χ2n) is 5.37. The minimum Gasteiger partial charge on any atom is -0.481 e. The summed E-state index contributed by atoms with van der Waals surface area (Å²) in [6, 6.07) is 4.03. The lowest BCUT2D eigenvalue weighted by atomic mass is 10.1. The molecule has 0 aliphatic carbocycles. The summed E-state index contributed by atoms with van der Waals surface area (Å²) in [6.07, 6.45) is -0.986. The van der Waals surface area contributed by atoms with Gasteiger partial charge in [0.15, 0.2) is 0 Å². The molecule has 0 spiro atoms. The normalized spacial score (nSPS) is 15.5. The number of carboxylic acid groups (broad SMARTS) is 2. The molecule has 8 nitrogen and oxygen atoms in total. The highest BCUT2D eigenvalue weighted by atomic mass is 19.1. The number of ether oxygens (including phenoxy) is 1. The van der Waals surface area contributed by atoms with Crippen LogP contribution in [0.1, 0.15) is 12.0 Å². The Morgan fingerprint density at radius 1 is 1.29 bits per heavy atom. The van der Waals surface area contributed by atoms with Crippen LogP contribution in [0.25, 0.3) is 0 Å². The van der Waals surface area contributed by atoms with Gasteiger partial charge in [-0.3, -0.25) is 4.79 Å². The molecule has 0 radical (unpaired) electrons. The standard InChI is InChI=1S/C15H17FN2O6/c16-11-4-2-1-3-9(11)8-24-10-6-18(7-10)15(23)17-12(14(21)22)5-13(19)20/h1-4,10,12H,5-8H2,(H,17,23)(H,19,20)(H,21,22)/t12-/m0/s1. The van der Waals surface area contributed by atoms with E-state index in [1.165, 1.54) is 11.0 Å². The molecule has 1 atom stereocenters. The molecule has 1 aliphatic heterocycles. The molecular weight excluding hydrogens is 323 g/mol. The Kier molecular flexibility index (Phi) is 5.69. The number of hydrogen-bond acceptors (Lipinski definition) is 4. The summed E-state index contributed by atoms with van der Waals surface area (Å²) >= 11 is 0. The molecule has 1 fully saturated rings. The first-order valence-electron chi connectivity index (χ1n) is 7.22. The number of rotatable bonds is 7. The molecule has 1 aromatic rings. The number of carbonyl (C=O) groups is 3. The van der Waals surface area contributed by atoms with Gasteiger partial charge in [-0.2, -0.15) is 0 Å². The number of carboxylic acids is 2. The maximum absolute atomic E-state index is 13.4. The van der Waals surface area contributed by atoms with Crippen LogP contribution in [0.2, 0.25) is 0 Å². The van der Waals surface area contributed by atoms with E-state index >= 15 is 0 Å². The maximum atomic E-state index is 13.4. The van der Waals surface area contributed by atoms with Gasteiger partial charge in [0.05, 0.1) is 32.2 Å². The van der Waals surface area contributed by atoms with E-state index in [0.717, 1.165) is 0 Å². The fourth-order valence-electron chi connectivity index (χ4n) is 2.15. The van der Waals surface area contributed by atoms with Crippen molar-refractivity contribution < 1.29 is 33.7 Å². The summed E-state index contributed by atoms with van der Waals surface area (Å²) in [5.41, 5.74) is 0.410. The molecule has 0 aromatic heterocycles. The molecule has 2 rings (SSSR count). The first-order valence-corrected chi connectivity index (χ1v) is 7.22. The third-order valence-corrected chi connectivity index (χ3v) is 3.54. The molecule has 2 amide bonds. The van der Waals surface area contributed by atoms with Crippen molar-refractivity contribution in [1.82, 2.24) is 10.2 Å². The third kappa shape index (κ3) is 4.66. The Morgan fingerprint density at radius 3 is 2.54 bits per heavy atom. The van der Waals surface area contributed by atoms with Crippen LogP contribution >= 0.6 is 0 Å². The predicted molar refractivity (Wildman–Crippen MR) is 78.8 cm³/mol. The van der Waals surface area contributed by atoms with E-state index in [4.69, 9.17) is 14.9 Å². The number of aliphatic carboxylic acids is 2. The van der Waals surface area contributed by atoms with Gasteiger partial charge in [0, 0.05) is 5.56 Å². The molecule has 1 aromatic carbocycles. The maximum Gasteiger partial charge on any atom is 0.326 e. The average molecular weight is 340 g/mol. The van der Waals surface area contributed by atoms with Gasteiger partial charge >= 0.3 is 18.0 Å². The molecule has 130 valence electrons. The SMILES string of the molecule is O=C(O)C[C@H](NC(=O)N1CC(OCc2ccccc2F)C1)C(=O)O. The predicted octanol–water partition coefficient (Wildman–Crippen LogP) is 0.664. The minimum absolute atomic E-state index is 0.0730. The molecular formula is C15H17FN2O6. The number of benzene rings is 1. The largest absolute Gasteiger partial charge is 0.481 e. The first-order chi connectivity index (χ1) is 11.4. The number of likely N-dealkylation sites (tertiary alicyclic amines) is 1. The van der Waals surface area contributed by atoms with Crippen LogP contribution < -0.4 is 5.32 Å². The van der Waals surface area contributed by atoms with Crippen molar-refractivity contribution in [3.05, 3.63) is 35.6 Å². The second-order valence-corrected chi connectivity index (χ2v) is 5.37. The number of urea groups is 1. The molecule has 0 unspecified atom stereocenters. The van der Waals surface area contributed by atoms with E-state index in [-0.39, 0.29) is 31.6 Å². The highest BCUT2D eigenvalue weighted by Crippen LogP contribution is 2.16. The number of hydrogen-bond donors (Lipinski definition) is 3. The third-order valence-electron chi connectivity index (χ3n) is 3.54. The van der Waals surface area contributed by atoms with Crippen molar-refractivity contribution >= 4 is 18.0 Å². The van der Waals surface area contributed by atoms with Crippen molar-refractivity contribution in [1.29, 1.82) is 0 Å². The minimum atomic E-state index is -1.49. The molecule has 0 saturated carbocycles. The Balaban J connectivity index is 1.75. The number of carbonyl (C=O) groups excluding carboxylic acids is 1. The van der Waals surface area contributed by atoms with Crippen LogP contribution in [-0.4, -0.2) is 58.3 Å². The Labute approximate surface area is 136 Å². The van der Waals surface area contributed by atoms with E-state index in [2.05, 4.69) is 5.32 Å². The summed E-state index contributed by atoms with van der Waals surface area (Å²) in [5, 5.41) is 19.6. The van der Waals surface area contributed by atoms with Gasteiger partial charge in [-0.15, -0.1) is 0 Å². The van der Waals surface area contributed by atoms with E-state index < -0.39 is 30.4 Å². The number of halogens is 1. The van der Waals surface area contributed by atoms with Crippen LogP contribution in [0.3, 0.4) is 0 Å². The lowest BCUT2D eigenvalue weighted by Crippen LogP contribution is -2.59. The lowest BCUT2D eigenvalue weighted by molar-refractivity contribution is -0.145. The van der Waals surface area contributed by atoms with E-state index in [1.807, 2.05) is 0 Å². The zero-order valence-corrected chi connectivity index (χ0v) is 12.6. The molecule has 24 heavy (non-hydrogen) atoms. The highest BCUT2D eigenvalue weighted by molar-refractivity contribution is 5.86. The Bertz CT molecular complexity index is 632. The highest BCUT2D eigenvalue weighted by Gasteiger charge is 2.34. The molecule has 0 bridgehead atoms. The first kappa shape index (κ1) is 17.7. The molecule has 1 heterocycles. The zero-order chi connectivity index (χ0) is 17.7. The van der Waals surface area contributed by atoms with E-state index in [1.54, 1.807) is 18.2 Å². The van der Waals surface area contributed by atoms with Gasteiger partial charge < -0.3 is 25.2 Å². The van der Waals surface area contributed by atoms with Gasteiger partial charge in [0.1, 0.15) is 11.9 Å². The van der Waals surface area contributed by atoms with Crippen LogP contribution in [-0.2, 0) is 20.9 Å². The van der Waals surface area contributed by atoms with Crippen molar-refractivity contribution in [2.45, 2.75) is 25.2 Å². The Hall–Kier alpha value is -2.68. The average Bonchev–Trinajstić information content (AvgIpc) is 2.46. The quantitative estimate of drug-likeness (QED) is 0.672. The fraction of sp³-hybridized carbons (Fsp3) is 0.400. The van der Waals surface area contributed by atoms with Gasteiger partial charge in [-0.25, -0.2) is 14.0 Å². The molecule has 1 aliphatic rings. The van der Waals surface area contributed by atoms with E-state index in [0.29, 0.717) is 5.56 Å². The zero-order valence-electron chi connectivity index (χ0n) is 12.6. The smallest absolute Gasteiger partial charge is 0.326 e. The van der Waals surface area contributed by atoms with E-state index in [9.17, 15) is 18.8 Å². The number of nitrogens with zero attached hydrogens (tertiary/aromatic N) is 1. The summed E-state index contributed by atoms with van der Waals surface area (Å²) < 4.78 is 18.9. The van der Waals surface area contributed by atoms with Gasteiger partial charge in [0.25, 0.3) is 0 Å². The van der Waals surface area contributed by atoms with Crippen molar-refractivity contribution in [2.75, 3.05) is 13.1 Å². The number of nitrogens with one attached hydrogen (secondary N) is 1. The monoisotopic (exact) mass is 340 g/mol. The molecule has 1 saturated heterocycles. The van der Waals surface area contributed by atoms with Crippen LogP contribution in [0.5, 0.6) is 0 Å². The summed E-state index contributed by atoms with van der Waals surface area (Å²) in [7, 11) is 0. The van der Waals surface area contributed by atoms with Crippen LogP contribution in [0.15, 0.2) is 24.3 Å². The van der Waals surface area contributed by atoms with Gasteiger partial charge in [0.2, 0.25) is 0 Å². The molecule has 3 N–H and O–H groups in total. The van der Waals surface area contributed by atoms with Gasteiger partial charge in [-0.1, -0.05) is 18.2 Å². The summed E-state index contributed by atoms with van der Waals surface area (Å²) in [6.45, 7) is 0.517. The topological polar surface area (TPSA) is 116 Å². The fourth-order valence-corrected chi connectivity index (χ4v) is 2.15. The van der Waals surface area contributed by atoms with Crippen molar-refractivity contribution in [3.8, 4) is 0 Å². The summed E-state index contributed by atoms with van der Waals surface area (Å²) in [5.74, 6) is -3.11. The second kappa shape index (κ2) is 7.73. The van der Waals surface area contributed by atoms with Crippen LogP contribution in [0.4, 0.5) is 9.18 Å². The molecule has 9 heteroatoms. The van der Waals surface area contributed by atoms with Crippen LogP contribution in [0, 0.1) is 5.82 Å². The lowest BCUT2D eigenvalue weighted by Gasteiger charge is -2.39. The van der Waals surface area contributed by atoms with Gasteiger partial charge in [-0.05, 0) is 6.07 Å². The summed E-state index contributed by atoms with van der Waals surface area (Å²) in [4.78, 5) is 34.6. The Morgan fingerprint density at radius 2 is 1.96 bits per heavy atom. The van der Waals surface area contributed by atoms with Crippen molar-refractivity contribution in [3.63, 3.8) is 0 Å². The number of amides is 2.